The summed E-state index contributed by atoms with van der Waals surface area (Å²) in [5, 5.41) is 14.8. The van der Waals surface area contributed by atoms with Gasteiger partial charge in [-0.15, -0.1) is 0 Å². The van der Waals surface area contributed by atoms with Crippen LogP contribution in [-0.2, 0) is 25.5 Å². The standard InChI is InChI=1S/C30H33N3O8/c1-5-6-11-33-26(34)23-24(27(33)35)30(29(37)38,14-16-15-31-20-10-8-7-9-18(16)20)32-25(23)19-12-17(39-2)13-21(40-3)22(19)28(36)41-4/h7-10,12-13,15,23-25,31-32H,5-6,11,14H2,1-4H3,(H,37,38). The first-order chi connectivity index (χ1) is 19.7. The second kappa shape index (κ2) is 10.9. The zero-order valence-corrected chi connectivity index (χ0v) is 23.4. The Bertz CT molecular complexity index is 1530. The van der Waals surface area contributed by atoms with E-state index in [0.717, 1.165) is 17.3 Å². The van der Waals surface area contributed by atoms with Crippen molar-refractivity contribution in [1.82, 2.24) is 15.2 Å². The van der Waals surface area contributed by atoms with E-state index in [2.05, 4.69) is 10.3 Å². The summed E-state index contributed by atoms with van der Waals surface area (Å²) in [4.78, 5) is 58.6. The first kappa shape index (κ1) is 28.2. The molecule has 0 bridgehead atoms. The van der Waals surface area contributed by atoms with Crippen LogP contribution in [-0.4, -0.2) is 72.2 Å². The predicted octanol–water partition coefficient (Wildman–Crippen LogP) is 3.08. The number of para-hydroxylation sites is 1. The number of unbranched alkanes of at least 4 members (excludes halogenated alkanes) is 1. The summed E-state index contributed by atoms with van der Waals surface area (Å²) in [5.74, 6) is -4.90. The fourth-order valence-corrected chi connectivity index (χ4v) is 6.33. The molecule has 3 heterocycles. The zero-order chi connectivity index (χ0) is 29.5. The van der Waals surface area contributed by atoms with E-state index in [0.29, 0.717) is 17.7 Å². The molecule has 216 valence electrons. The third-order valence-electron chi connectivity index (χ3n) is 8.29. The number of imide groups is 1. The van der Waals surface area contributed by atoms with Crippen molar-refractivity contribution in [3.05, 3.63) is 59.3 Å². The van der Waals surface area contributed by atoms with Crippen LogP contribution in [0.15, 0.2) is 42.6 Å². The van der Waals surface area contributed by atoms with E-state index < -0.39 is 47.2 Å². The largest absolute Gasteiger partial charge is 0.497 e. The van der Waals surface area contributed by atoms with Gasteiger partial charge in [0.15, 0.2) is 0 Å². The second-order valence-electron chi connectivity index (χ2n) is 10.4. The summed E-state index contributed by atoms with van der Waals surface area (Å²) in [6.07, 6.45) is 2.97. The minimum absolute atomic E-state index is 0.0209. The lowest BCUT2D eigenvalue weighted by Gasteiger charge is -2.31. The number of aliphatic carboxylic acids is 1. The smallest absolute Gasteiger partial charge is 0.341 e. The number of benzene rings is 2. The number of esters is 1. The monoisotopic (exact) mass is 563 g/mol. The number of nitrogens with one attached hydrogen (secondary N) is 2. The third-order valence-corrected chi connectivity index (χ3v) is 8.29. The van der Waals surface area contributed by atoms with E-state index in [-0.39, 0.29) is 29.8 Å². The van der Waals surface area contributed by atoms with E-state index in [1.165, 1.54) is 32.3 Å². The highest BCUT2D eigenvalue weighted by atomic mass is 16.5. The second-order valence-corrected chi connectivity index (χ2v) is 10.4. The minimum Gasteiger partial charge on any atom is -0.497 e. The van der Waals surface area contributed by atoms with Crippen molar-refractivity contribution in [2.45, 2.75) is 37.8 Å². The van der Waals surface area contributed by atoms with Crippen LogP contribution in [0.5, 0.6) is 11.5 Å². The molecule has 4 unspecified atom stereocenters. The maximum atomic E-state index is 14.0. The summed E-state index contributed by atoms with van der Waals surface area (Å²) < 4.78 is 16.0. The van der Waals surface area contributed by atoms with Gasteiger partial charge in [0.1, 0.15) is 22.6 Å². The van der Waals surface area contributed by atoms with Crippen molar-refractivity contribution in [2.24, 2.45) is 11.8 Å². The number of ether oxygens (including phenoxy) is 3. The summed E-state index contributed by atoms with van der Waals surface area (Å²) in [6.45, 7) is 2.13. The molecule has 2 amide bonds. The minimum atomic E-state index is -1.86. The molecule has 2 aromatic carbocycles. The van der Waals surface area contributed by atoms with Gasteiger partial charge < -0.3 is 24.3 Å². The van der Waals surface area contributed by atoms with Gasteiger partial charge >= 0.3 is 11.9 Å². The molecule has 11 heteroatoms. The number of fused-ring (bicyclic) bond motifs is 2. The maximum Gasteiger partial charge on any atom is 0.341 e. The molecule has 2 aliphatic rings. The molecular formula is C30H33N3O8. The number of methoxy groups -OCH3 is 3. The van der Waals surface area contributed by atoms with Crippen molar-refractivity contribution in [3.8, 4) is 11.5 Å². The Morgan fingerprint density at radius 3 is 2.49 bits per heavy atom. The number of rotatable bonds is 10. The van der Waals surface area contributed by atoms with Crippen LogP contribution in [0.3, 0.4) is 0 Å². The number of hydrogen-bond donors (Lipinski definition) is 3. The van der Waals surface area contributed by atoms with Crippen molar-refractivity contribution >= 4 is 34.7 Å². The van der Waals surface area contributed by atoms with Gasteiger partial charge in [-0.25, -0.2) is 4.79 Å². The lowest BCUT2D eigenvalue weighted by atomic mass is 9.76. The molecule has 41 heavy (non-hydrogen) atoms. The number of aromatic nitrogens is 1. The average molecular weight is 564 g/mol. The molecular weight excluding hydrogens is 530 g/mol. The molecule has 0 aliphatic carbocycles. The molecule has 2 saturated heterocycles. The third kappa shape index (κ3) is 4.40. The van der Waals surface area contributed by atoms with Crippen molar-refractivity contribution in [3.63, 3.8) is 0 Å². The summed E-state index contributed by atoms with van der Waals surface area (Å²) in [5.41, 5.74) is -0.0923. The fraction of sp³-hybridized carbons (Fsp3) is 0.400. The lowest BCUT2D eigenvalue weighted by molar-refractivity contribution is -0.151. The Balaban J connectivity index is 1.73. The molecule has 0 radical (unpaired) electrons. The molecule has 0 spiro atoms. The van der Waals surface area contributed by atoms with E-state index in [4.69, 9.17) is 14.2 Å². The number of nitrogens with zero attached hydrogens (tertiary/aromatic N) is 1. The van der Waals surface area contributed by atoms with Crippen LogP contribution in [0.4, 0.5) is 0 Å². The van der Waals surface area contributed by atoms with Gasteiger partial charge in [0.2, 0.25) is 11.8 Å². The van der Waals surface area contributed by atoms with Gasteiger partial charge in [0.25, 0.3) is 0 Å². The number of H-pyrrole nitrogens is 1. The van der Waals surface area contributed by atoms with Crippen LogP contribution in [0, 0.1) is 11.8 Å². The average Bonchev–Trinajstić information content (AvgIpc) is 3.62. The van der Waals surface area contributed by atoms with E-state index in [1.54, 1.807) is 12.3 Å². The van der Waals surface area contributed by atoms with Gasteiger partial charge in [0, 0.05) is 42.2 Å². The van der Waals surface area contributed by atoms with Crippen LogP contribution in [0.25, 0.3) is 10.9 Å². The van der Waals surface area contributed by atoms with Crippen LogP contribution < -0.4 is 14.8 Å². The van der Waals surface area contributed by atoms with Crippen molar-refractivity contribution in [2.75, 3.05) is 27.9 Å². The number of carboxylic acid groups (broad SMARTS) is 1. The SMILES string of the molecule is CCCCN1C(=O)C2C(c3cc(OC)cc(OC)c3C(=O)OC)NC(Cc3c[nH]c4ccccc34)(C(=O)O)C2C1=O. The fourth-order valence-electron chi connectivity index (χ4n) is 6.33. The molecule has 3 aromatic rings. The Morgan fingerprint density at radius 1 is 1.07 bits per heavy atom. The van der Waals surface area contributed by atoms with Gasteiger partial charge in [-0.2, -0.15) is 0 Å². The van der Waals surface area contributed by atoms with Gasteiger partial charge in [0.05, 0.1) is 33.2 Å². The number of likely N-dealkylation sites (tertiary alicyclic amines) is 1. The number of hydrogen-bond acceptors (Lipinski definition) is 8. The molecule has 2 aliphatic heterocycles. The molecule has 3 N–H and O–H groups in total. The molecule has 1 aromatic heterocycles. The number of carbonyl (C=O) groups is 4. The number of amides is 2. The molecule has 4 atom stereocenters. The number of carbonyl (C=O) groups excluding carboxylic acids is 3. The van der Waals surface area contributed by atoms with Gasteiger partial charge in [-0.05, 0) is 29.7 Å². The topological polar surface area (TPSA) is 147 Å². The van der Waals surface area contributed by atoms with Gasteiger partial charge in [-0.3, -0.25) is 24.6 Å². The molecule has 2 fully saturated rings. The summed E-state index contributed by atoms with van der Waals surface area (Å²) >= 11 is 0. The van der Waals surface area contributed by atoms with E-state index in [1.807, 2.05) is 31.2 Å². The van der Waals surface area contributed by atoms with E-state index in [9.17, 15) is 24.3 Å². The Labute approximate surface area is 236 Å². The Hall–Kier alpha value is -4.38. The number of carboxylic acids is 1. The highest BCUT2D eigenvalue weighted by Crippen LogP contribution is 2.52. The molecule has 5 rings (SSSR count). The van der Waals surface area contributed by atoms with Crippen LogP contribution in [0.1, 0.15) is 47.3 Å². The summed E-state index contributed by atoms with van der Waals surface area (Å²) in [7, 11) is 4.04. The first-order valence-electron chi connectivity index (χ1n) is 13.5. The van der Waals surface area contributed by atoms with E-state index >= 15 is 0 Å². The Morgan fingerprint density at radius 2 is 1.83 bits per heavy atom. The quantitative estimate of drug-likeness (QED) is 0.250. The molecule has 0 saturated carbocycles. The lowest BCUT2D eigenvalue weighted by Crippen LogP contribution is -2.57. The van der Waals surface area contributed by atoms with Gasteiger partial charge in [-0.1, -0.05) is 31.5 Å². The van der Waals surface area contributed by atoms with Crippen LogP contribution in [0.2, 0.25) is 0 Å². The van der Waals surface area contributed by atoms with Crippen LogP contribution >= 0.6 is 0 Å². The Kier molecular flexibility index (Phi) is 7.48. The normalized spacial score (nSPS) is 23.6. The number of aromatic amines is 1. The van der Waals surface area contributed by atoms with Crippen molar-refractivity contribution < 1.29 is 38.5 Å². The highest BCUT2D eigenvalue weighted by Gasteiger charge is 2.68. The summed E-state index contributed by atoms with van der Waals surface area (Å²) in [6, 6.07) is 9.49. The molecule has 11 nitrogen and oxygen atoms in total. The van der Waals surface area contributed by atoms with Crippen molar-refractivity contribution in [1.29, 1.82) is 0 Å². The zero-order valence-electron chi connectivity index (χ0n) is 23.4. The highest BCUT2D eigenvalue weighted by molar-refractivity contribution is 6.10. The predicted molar refractivity (Wildman–Crippen MR) is 148 cm³/mol. The first-order valence-corrected chi connectivity index (χ1v) is 13.5. The maximum absolute atomic E-state index is 14.0.